The number of hydrogen-bond acceptors (Lipinski definition) is 4. The van der Waals surface area contributed by atoms with E-state index in [9.17, 15) is 0 Å². The molecule has 3 nitrogen and oxygen atoms in total. The molecule has 0 saturated carbocycles. The van der Waals surface area contributed by atoms with E-state index >= 15 is 0 Å². The maximum absolute atomic E-state index is 5.96. The Morgan fingerprint density at radius 3 is 2.64 bits per heavy atom. The van der Waals surface area contributed by atoms with Crippen LogP contribution in [0.15, 0.2) is 0 Å². The van der Waals surface area contributed by atoms with E-state index in [1.54, 1.807) is 11.3 Å². The molecule has 0 unspecified atom stereocenters. The highest BCUT2D eigenvalue weighted by Crippen LogP contribution is 2.30. The second-order valence-corrected chi connectivity index (χ2v) is 4.88. The third-order valence-corrected chi connectivity index (χ3v) is 4.01. The van der Waals surface area contributed by atoms with Crippen LogP contribution in [0.2, 0.25) is 5.15 Å². The smallest absolute Gasteiger partial charge is 0.187 e. The zero-order valence-electron chi connectivity index (χ0n) is 8.00. The van der Waals surface area contributed by atoms with Crippen molar-refractivity contribution in [3.8, 4) is 0 Å². The molecule has 1 aliphatic heterocycles. The minimum Gasteiger partial charge on any atom is -0.348 e. The molecule has 0 amide bonds. The van der Waals surface area contributed by atoms with E-state index in [2.05, 4.69) is 9.88 Å². The number of rotatable bonds is 2. The first-order valence-corrected chi connectivity index (χ1v) is 6.11. The molecule has 1 aromatic rings. The van der Waals surface area contributed by atoms with Gasteiger partial charge in [0, 0.05) is 19.6 Å². The van der Waals surface area contributed by atoms with Crippen LogP contribution in [0.3, 0.4) is 0 Å². The van der Waals surface area contributed by atoms with E-state index in [0.717, 1.165) is 23.1 Å². The summed E-state index contributed by atoms with van der Waals surface area (Å²) in [4.78, 5) is 7.63. The summed E-state index contributed by atoms with van der Waals surface area (Å²) < 4.78 is 0. The van der Waals surface area contributed by atoms with Gasteiger partial charge in [0.25, 0.3) is 0 Å². The van der Waals surface area contributed by atoms with Gasteiger partial charge in [0.05, 0.1) is 4.88 Å². The Kier molecular flexibility index (Phi) is 3.26. The number of piperidine rings is 1. The fourth-order valence-corrected chi connectivity index (χ4v) is 2.87. The summed E-state index contributed by atoms with van der Waals surface area (Å²) in [6.45, 7) is 2.70. The summed E-state index contributed by atoms with van der Waals surface area (Å²) in [6, 6.07) is 0. The first kappa shape index (κ1) is 10.2. The van der Waals surface area contributed by atoms with Crippen molar-refractivity contribution >= 4 is 28.1 Å². The first-order chi connectivity index (χ1) is 6.81. The van der Waals surface area contributed by atoms with Gasteiger partial charge in [0.1, 0.15) is 5.15 Å². The molecule has 2 N–H and O–H groups in total. The van der Waals surface area contributed by atoms with Crippen LogP contribution in [-0.2, 0) is 6.54 Å². The van der Waals surface area contributed by atoms with Gasteiger partial charge in [-0.15, -0.1) is 0 Å². The summed E-state index contributed by atoms with van der Waals surface area (Å²) in [5.41, 5.74) is 5.56. The molecule has 0 spiro atoms. The topological polar surface area (TPSA) is 42.1 Å². The van der Waals surface area contributed by atoms with Crippen LogP contribution in [-0.4, -0.2) is 18.1 Å². The van der Waals surface area contributed by atoms with Crippen LogP contribution in [0.25, 0.3) is 0 Å². The summed E-state index contributed by atoms with van der Waals surface area (Å²) in [5, 5.41) is 1.62. The number of thiazole rings is 1. The lowest BCUT2D eigenvalue weighted by Crippen LogP contribution is -2.29. The second-order valence-electron chi connectivity index (χ2n) is 3.46. The number of anilines is 1. The van der Waals surface area contributed by atoms with Crippen LogP contribution >= 0.6 is 22.9 Å². The van der Waals surface area contributed by atoms with Crippen molar-refractivity contribution in [2.24, 2.45) is 5.73 Å². The standard InChI is InChI=1S/C9H14ClN3S/c10-8-7(6-11)14-9(12-8)13-4-2-1-3-5-13/h1-6,11H2. The molecule has 0 bridgehead atoms. The summed E-state index contributed by atoms with van der Waals surface area (Å²) in [7, 11) is 0. The molecule has 14 heavy (non-hydrogen) atoms. The van der Waals surface area contributed by atoms with E-state index in [1.807, 2.05) is 0 Å². The number of halogens is 1. The minimum atomic E-state index is 0.490. The van der Waals surface area contributed by atoms with Crippen LogP contribution < -0.4 is 10.6 Å². The molecule has 0 aliphatic carbocycles. The zero-order valence-corrected chi connectivity index (χ0v) is 9.57. The van der Waals surface area contributed by atoms with Gasteiger partial charge in [-0.25, -0.2) is 4.98 Å². The molecule has 0 radical (unpaired) electrons. The Balaban J connectivity index is 2.14. The summed E-state index contributed by atoms with van der Waals surface area (Å²) >= 11 is 7.58. The van der Waals surface area contributed by atoms with Crippen molar-refractivity contribution in [1.29, 1.82) is 0 Å². The lowest BCUT2D eigenvalue weighted by molar-refractivity contribution is 0.577. The molecule has 1 aliphatic rings. The number of nitrogens with two attached hydrogens (primary N) is 1. The van der Waals surface area contributed by atoms with Gasteiger partial charge in [-0.2, -0.15) is 0 Å². The molecule has 78 valence electrons. The van der Waals surface area contributed by atoms with Crippen molar-refractivity contribution in [2.45, 2.75) is 25.8 Å². The van der Waals surface area contributed by atoms with E-state index < -0.39 is 0 Å². The molecule has 0 aromatic carbocycles. The third-order valence-electron chi connectivity index (χ3n) is 2.45. The number of hydrogen-bond donors (Lipinski definition) is 1. The molecule has 1 saturated heterocycles. The van der Waals surface area contributed by atoms with Gasteiger partial charge in [0.2, 0.25) is 0 Å². The van der Waals surface area contributed by atoms with Crippen molar-refractivity contribution in [3.05, 3.63) is 10.0 Å². The fourth-order valence-electron chi connectivity index (χ4n) is 1.67. The van der Waals surface area contributed by atoms with Gasteiger partial charge in [-0.1, -0.05) is 22.9 Å². The molecular formula is C9H14ClN3S. The number of aromatic nitrogens is 1. The monoisotopic (exact) mass is 231 g/mol. The average molecular weight is 232 g/mol. The third kappa shape index (κ3) is 2.02. The zero-order chi connectivity index (χ0) is 9.97. The maximum atomic E-state index is 5.96. The van der Waals surface area contributed by atoms with E-state index in [-0.39, 0.29) is 0 Å². The lowest BCUT2D eigenvalue weighted by atomic mass is 10.1. The molecule has 1 fully saturated rings. The van der Waals surface area contributed by atoms with Gasteiger partial charge >= 0.3 is 0 Å². The molecule has 1 aromatic heterocycles. The normalized spacial score (nSPS) is 17.4. The van der Waals surface area contributed by atoms with Gasteiger partial charge in [0.15, 0.2) is 5.13 Å². The maximum Gasteiger partial charge on any atom is 0.187 e. The number of nitrogens with zero attached hydrogens (tertiary/aromatic N) is 2. The SMILES string of the molecule is NCc1sc(N2CCCCC2)nc1Cl. The predicted molar refractivity (Wildman–Crippen MR) is 61.1 cm³/mol. The first-order valence-electron chi connectivity index (χ1n) is 4.91. The quantitative estimate of drug-likeness (QED) is 0.849. The van der Waals surface area contributed by atoms with E-state index in [4.69, 9.17) is 17.3 Å². The highest BCUT2D eigenvalue weighted by Gasteiger charge is 2.16. The van der Waals surface area contributed by atoms with Gasteiger partial charge in [-0.3, -0.25) is 0 Å². The Morgan fingerprint density at radius 2 is 2.07 bits per heavy atom. The molecule has 2 rings (SSSR count). The average Bonchev–Trinajstić information content (AvgIpc) is 2.61. The van der Waals surface area contributed by atoms with Crippen molar-refractivity contribution < 1.29 is 0 Å². The van der Waals surface area contributed by atoms with E-state index in [0.29, 0.717) is 11.7 Å². The van der Waals surface area contributed by atoms with Crippen LogP contribution in [0, 0.1) is 0 Å². The molecular weight excluding hydrogens is 218 g/mol. The predicted octanol–water partition coefficient (Wildman–Crippen LogP) is 2.25. The fraction of sp³-hybridized carbons (Fsp3) is 0.667. The highest BCUT2D eigenvalue weighted by atomic mass is 35.5. The Hall–Kier alpha value is -0.320. The molecule has 5 heteroatoms. The Bertz CT molecular complexity index is 307. The summed E-state index contributed by atoms with van der Waals surface area (Å²) in [6.07, 6.45) is 3.85. The second kappa shape index (κ2) is 4.47. The minimum absolute atomic E-state index is 0.490. The van der Waals surface area contributed by atoms with E-state index in [1.165, 1.54) is 19.3 Å². The highest BCUT2D eigenvalue weighted by molar-refractivity contribution is 7.16. The summed E-state index contributed by atoms with van der Waals surface area (Å²) in [5.74, 6) is 0. The largest absolute Gasteiger partial charge is 0.348 e. The van der Waals surface area contributed by atoms with Crippen molar-refractivity contribution in [2.75, 3.05) is 18.0 Å². The van der Waals surface area contributed by atoms with Crippen LogP contribution in [0.4, 0.5) is 5.13 Å². The Labute approximate surface area is 92.9 Å². The molecule has 0 atom stereocenters. The molecule has 2 heterocycles. The van der Waals surface area contributed by atoms with Crippen LogP contribution in [0.1, 0.15) is 24.1 Å². The Morgan fingerprint density at radius 1 is 1.36 bits per heavy atom. The van der Waals surface area contributed by atoms with Gasteiger partial charge < -0.3 is 10.6 Å². The lowest BCUT2D eigenvalue weighted by Gasteiger charge is -2.25. The van der Waals surface area contributed by atoms with Crippen molar-refractivity contribution in [1.82, 2.24) is 4.98 Å². The van der Waals surface area contributed by atoms with Crippen LogP contribution in [0.5, 0.6) is 0 Å². The van der Waals surface area contributed by atoms with Gasteiger partial charge in [-0.05, 0) is 19.3 Å². The van der Waals surface area contributed by atoms with Crippen molar-refractivity contribution in [3.63, 3.8) is 0 Å².